The number of rotatable bonds is 3. The molecule has 0 amide bonds. The van der Waals surface area contributed by atoms with Crippen LogP contribution < -0.4 is 27.0 Å². The predicted molar refractivity (Wildman–Crippen MR) is 74.5 cm³/mol. The van der Waals surface area contributed by atoms with Crippen LogP contribution in [0.15, 0.2) is 39.0 Å². The van der Waals surface area contributed by atoms with Crippen LogP contribution in [0.2, 0.25) is 0 Å². The maximum Gasteiger partial charge on any atom is 0.253 e. The van der Waals surface area contributed by atoms with E-state index in [1.807, 2.05) is 0 Å². The average molecular weight is 273 g/mol. The van der Waals surface area contributed by atoms with Gasteiger partial charge in [0, 0.05) is 17.9 Å². The second-order valence-corrected chi connectivity index (χ2v) is 4.87. The summed E-state index contributed by atoms with van der Waals surface area (Å²) >= 11 is 0. The Balaban J connectivity index is 2.84. The lowest BCUT2D eigenvalue weighted by molar-refractivity contribution is -0.00726. The molecule has 0 bridgehead atoms. The molecule has 6 heteroatoms. The van der Waals surface area contributed by atoms with Crippen molar-refractivity contribution >= 4 is 10.8 Å². The topological polar surface area (TPSA) is 91.6 Å². The zero-order chi connectivity index (χ0) is 14.9. The molecule has 0 saturated carbocycles. The van der Waals surface area contributed by atoms with Crippen LogP contribution in [-0.2, 0) is 4.74 Å². The number of hydrogen-bond donors (Lipinski definition) is 2. The summed E-state index contributed by atoms with van der Waals surface area (Å²) < 4.78 is 5.16. The van der Waals surface area contributed by atoms with Gasteiger partial charge in [-0.25, -0.2) is 0 Å². The first-order chi connectivity index (χ1) is 9.37. The molecular formula is C14H15N3O3. The van der Waals surface area contributed by atoms with Crippen molar-refractivity contribution in [3.05, 3.63) is 55.4 Å². The van der Waals surface area contributed by atoms with Crippen molar-refractivity contribution in [1.82, 2.24) is 5.43 Å². The van der Waals surface area contributed by atoms with E-state index in [1.165, 1.54) is 7.11 Å². The Morgan fingerprint density at radius 1 is 1.15 bits per heavy atom. The minimum absolute atomic E-state index is 0.148. The van der Waals surface area contributed by atoms with Crippen LogP contribution in [0.25, 0.3) is 10.8 Å². The highest BCUT2D eigenvalue weighted by molar-refractivity contribution is 5.81. The van der Waals surface area contributed by atoms with Gasteiger partial charge in [-0.1, -0.05) is 24.3 Å². The molecule has 0 aromatic heterocycles. The average Bonchev–Trinajstić information content (AvgIpc) is 2.45. The fourth-order valence-corrected chi connectivity index (χ4v) is 1.72. The minimum atomic E-state index is -0.848. The molecule has 0 radical (unpaired) electrons. The molecule has 104 valence electrons. The fraction of sp³-hybridized carbons (Fsp3) is 0.286. The molecule has 20 heavy (non-hydrogen) atoms. The van der Waals surface area contributed by atoms with Gasteiger partial charge < -0.3 is 4.74 Å². The summed E-state index contributed by atoms with van der Waals surface area (Å²) in [7, 11) is 1.52. The molecule has 0 heterocycles. The molecule has 0 aliphatic rings. The molecule has 2 aromatic rings. The lowest BCUT2D eigenvalue weighted by atomic mass is 10.1. The highest BCUT2D eigenvalue weighted by Crippen LogP contribution is 2.02. The first-order valence-corrected chi connectivity index (χ1v) is 6.05. The third-order valence-corrected chi connectivity index (χ3v) is 3.04. The maximum absolute atomic E-state index is 11.8. The lowest BCUT2D eigenvalue weighted by Crippen LogP contribution is -2.49. The number of nitrogens with one attached hydrogen (secondary N) is 2. The Morgan fingerprint density at radius 3 is 2.35 bits per heavy atom. The van der Waals surface area contributed by atoms with E-state index < -0.39 is 21.9 Å². The van der Waals surface area contributed by atoms with Crippen molar-refractivity contribution in [2.75, 3.05) is 7.11 Å². The van der Waals surface area contributed by atoms with Gasteiger partial charge in [-0.3, -0.25) is 20.4 Å². The second kappa shape index (κ2) is 4.97. The Bertz CT molecular complexity index is 862. The van der Waals surface area contributed by atoms with E-state index in [0.29, 0.717) is 5.39 Å². The van der Waals surface area contributed by atoms with Crippen molar-refractivity contribution in [2.45, 2.75) is 19.6 Å². The molecule has 0 atom stereocenters. The molecule has 2 N–H and O–H groups in total. The van der Waals surface area contributed by atoms with Gasteiger partial charge in [0.15, 0.2) is 0 Å². The number of fused-ring (bicyclic) bond motifs is 1. The van der Waals surface area contributed by atoms with Gasteiger partial charge in [0.2, 0.25) is 5.43 Å². The molecule has 0 saturated heterocycles. The standard InChI is InChI=1S/C14H15N3O3/c1-14(2,20-3)17-16-11-8-6-4-5-7-9(8)12(18)13(19)10(11)15/h4-7,15,17H,1-3H3/b15-10?,16-11-. The zero-order valence-electron chi connectivity index (χ0n) is 11.5. The van der Waals surface area contributed by atoms with Crippen LogP contribution in [0.4, 0.5) is 0 Å². The third-order valence-electron chi connectivity index (χ3n) is 3.04. The number of hydrogen-bond acceptors (Lipinski definition) is 6. The fourth-order valence-electron chi connectivity index (χ4n) is 1.72. The number of methoxy groups -OCH3 is 1. The van der Waals surface area contributed by atoms with Crippen molar-refractivity contribution in [2.24, 2.45) is 5.10 Å². The molecule has 2 aromatic carbocycles. The SMILES string of the molecule is COC(C)(C)N/N=c1\c(=N)c(=O)c(=O)c2ccccc12. The summed E-state index contributed by atoms with van der Waals surface area (Å²) in [4.78, 5) is 23.6. The van der Waals surface area contributed by atoms with Gasteiger partial charge in [0.05, 0.1) is 0 Å². The van der Waals surface area contributed by atoms with Crippen LogP contribution >= 0.6 is 0 Å². The Morgan fingerprint density at radius 2 is 1.75 bits per heavy atom. The van der Waals surface area contributed by atoms with Crippen LogP contribution in [0.5, 0.6) is 0 Å². The van der Waals surface area contributed by atoms with Crippen molar-refractivity contribution < 1.29 is 4.74 Å². The van der Waals surface area contributed by atoms with Gasteiger partial charge in [0.25, 0.3) is 5.43 Å². The maximum atomic E-state index is 11.8. The van der Waals surface area contributed by atoms with E-state index in [9.17, 15) is 9.59 Å². The Labute approximate surface area is 114 Å². The van der Waals surface area contributed by atoms with Crippen LogP contribution in [0.3, 0.4) is 0 Å². The summed E-state index contributed by atoms with van der Waals surface area (Å²) in [6.07, 6.45) is 0. The van der Waals surface area contributed by atoms with E-state index in [1.54, 1.807) is 38.1 Å². The molecule has 0 unspecified atom stereocenters. The number of nitrogens with zero attached hydrogens (tertiary/aromatic N) is 1. The van der Waals surface area contributed by atoms with Crippen LogP contribution in [-0.4, -0.2) is 12.8 Å². The van der Waals surface area contributed by atoms with Crippen molar-refractivity contribution in [3.8, 4) is 0 Å². The lowest BCUT2D eigenvalue weighted by Gasteiger charge is -2.21. The molecule has 0 fully saturated rings. The third kappa shape index (κ3) is 2.37. The number of ether oxygens (including phenoxy) is 1. The first kappa shape index (κ1) is 14.1. The van der Waals surface area contributed by atoms with Crippen molar-refractivity contribution in [3.63, 3.8) is 0 Å². The Hall–Kier alpha value is -2.34. The molecular weight excluding hydrogens is 258 g/mol. The minimum Gasteiger partial charge on any atom is -0.358 e. The zero-order valence-corrected chi connectivity index (χ0v) is 11.5. The summed E-state index contributed by atoms with van der Waals surface area (Å²) in [5.41, 5.74) is 0.485. The summed E-state index contributed by atoms with van der Waals surface area (Å²) in [5.74, 6) is 0. The molecule has 6 nitrogen and oxygen atoms in total. The molecule has 2 rings (SSSR count). The van der Waals surface area contributed by atoms with E-state index in [2.05, 4.69) is 10.5 Å². The predicted octanol–water partition coefficient (Wildman–Crippen LogP) is -0.297. The van der Waals surface area contributed by atoms with E-state index in [-0.39, 0.29) is 10.7 Å². The monoisotopic (exact) mass is 273 g/mol. The van der Waals surface area contributed by atoms with Crippen LogP contribution in [0, 0.1) is 5.41 Å². The van der Waals surface area contributed by atoms with Gasteiger partial charge >= 0.3 is 0 Å². The summed E-state index contributed by atoms with van der Waals surface area (Å²) in [5, 5.41) is 12.4. The van der Waals surface area contributed by atoms with Gasteiger partial charge in [-0.05, 0) is 13.8 Å². The quantitative estimate of drug-likeness (QED) is 0.456. The molecule has 0 aliphatic heterocycles. The van der Waals surface area contributed by atoms with Crippen molar-refractivity contribution in [1.29, 1.82) is 5.41 Å². The van der Waals surface area contributed by atoms with E-state index in [0.717, 1.165) is 0 Å². The number of benzene rings is 2. The normalized spacial score (nSPS) is 12.8. The van der Waals surface area contributed by atoms with Gasteiger partial charge in [0.1, 0.15) is 16.4 Å². The molecule has 0 aliphatic carbocycles. The highest BCUT2D eigenvalue weighted by Gasteiger charge is 2.14. The largest absolute Gasteiger partial charge is 0.358 e. The summed E-state index contributed by atoms with van der Waals surface area (Å²) in [6, 6.07) is 6.61. The smallest absolute Gasteiger partial charge is 0.253 e. The van der Waals surface area contributed by atoms with Gasteiger partial charge in [-0.15, -0.1) is 0 Å². The Kier molecular flexibility index (Phi) is 3.50. The highest BCUT2D eigenvalue weighted by atomic mass is 16.5. The second-order valence-electron chi connectivity index (χ2n) is 4.87. The molecule has 0 spiro atoms. The van der Waals surface area contributed by atoms with Gasteiger partial charge in [-0.2, -0.15) is 5.10 Å². The van der Waals surface area contributed by atoms with Crippen LogP contribution in [0.1, 0.15) is 13.8 Å². The first-order valence-electron chi connectivity index (χ1n) is 6.05. The van der Waals surface area contributed by atoms with E-state index in [4.69, 9.17) is 10.1 Å². The summed E-state index contributed by atoms with van der Waals surface area (Å²) in [6.45, 7) is 3.50. The van der Waals surface area contributed by atoms with E-state index >= 15 is 0 Å².